The quantitative estimate of drug-likeness (QED) is 0.525. The van der Waals surface area contributed by atoms with Gasteiger partial charge in [-0.1, -0.05) is 54.6 Å². The molecule has 176 valence electrons. The number of nitrogens with zero attached hydrogens (tertiary/aromatic N) is 1. The zero-order chi connectivity index (χ0) is 24.1. The molecule has 1 N–H and O–H groups in total. The third-order valence-electron chi connectivity index (χ3n) is 5.83. The Balaban J connectivity index is 1.34. The molecule has 0 saturated carbocycles. The Morgan fingerprint density at radius 2 is 1.59 bits per heavy atom. The third kappa shape index (κ3) is 5.35. The van der Waals surface area contributed by atoms with Crippen molar-refractivity contribution in [1.29, 1.82) is 0 Å². The predicted octanol–water partition coefficient (Wildman–Crippen LogP) is 3.47. The van der Waals surface area contributed by atoms with E-state index < -0.39 is 28.5 Å². The summed E-state index contributed by atoms with van der Waals surface area (Å²) in [5.74, 6) is -1.12. The number of nitrogens with one attached hydrogen (secondary N) is 1. The second kappa shape index (κ2) is 10.2. The standard InChI is InChI=1S/C26H26N2O5S/c1-19(20-7-3-2-4-8-20)27-25(29)18-33-26(30)22-11-13-24(14-12-22)34(31,32)28-16-15-21-9-5-6-10-23(21)17-28/h2-14,19H,15-18H2,1H3,(H,27,29). The Hall–Kier alpha value is -3.49. The first-order valence-corrected chi connectivity index (χ1v) is 12.5. The van der Waals surface area contributed by atoms with Gasteiger partial charge in [0.05, 0.1) is 16.5 Å². The molecule has 1 heterocycles. The predicted molar refractivity (Wildman–Crippen MR) is 127 cm³/mol. The van der Waals surface area contributed by atoms with E-state index in [0.29, 0.717) is 19.5 Å². The maximum absolute atomic E-state index is 13.1. The molecule has 0 bridgehead atoms. The summed E-state index contributed by atoms with van der Waals surface area (Å²) in [6.45, 7) is 2.14. The van der Waals surface area contributed by atoms with Crippen molar-refractivity contribution >= 4 is 21.9 Å². The molecule has 3 aromatic carbocycles. The van der Waals surface area contributed by atoms with Crippen molar-refractivity contribution < 1.29 is 22.7 Å². The van der Waals surface area contributed by atoms with Crippen LogP contribution in [0.2, 0.25) is 0 Å². The van der Waals surface area contributed by atoms with Crippen LogP contribution >= 0.6 is 0 Å². The summed E-state index contributed by atoms with van der Waals surface area (Å²) in [5.41, 5.74) is 3.27. The molecule has 1 amide bonds. The highest BCUT2D eigenvalue weighted by molar-refractivity contribution is 7.89. The van der Waals surface area contributed by atoms with E-state index in [1.807, 2.05) is 61.5 Å². The Labute approximate surface area is 199 Å². The molecule has 0 radical (unpaired) electrons. The maximum Gasteiger partial charge on any atom is 0.338 e. The molecule has 0 fully saturated rings. The first-order valence-electron chi connectivity index (χ1n) is 11.0. The van der Waals surface area contributed by atoms with Gasteiger partial charge >= 0.3 is 5.97 Å². The smallest absolute Gasteiger partial charge is 0.338 e. The van der Waals surface area contributed by atoms with Crippen molar-refractivity contribution in [3.05, 3.63) is 101 Å². The fourth-order valence-corrected chi connectivity index (χ4v) is 5.33. The molecule has 0 aliphatic carbocycles. The van der Waals surface area contributed by atoms with Gasteiger partial charge in [0, 0.05) is 13.1 Å². The number of benzene rings is 3. The summed E-state index contributed by atoms with van der Waals surface area (Å²) in [4.78, 5) is 24.6. The molecular formula is C26H26N2O5S. The summed E-state index contributed by atoms with van der Waals surface area (Å²) in [5, 5.41) is 2.77. The molecule has 0 aromatic heterocycles. The first-order chi connectivity index (χ1) is 16.3. The minimum Gasteiger partial charge on any atom is -0.452 e. The number of amides is 1. The number of hydrogen-bond donors (Lipinski definition) is 1. The average molecular weight is 479 g/mol. The summed E-state index contributed by atoms with van der Waals surface area (Å²) in [7, 11) is -3.70. The molecule has 1 aliphatic rings. The molecule has 0 saturated heterocycles. The zero-order valence-electron chi connectivity index (χ0n) is 18.8. The van der Waals surface area contributed by atoms with E-state index in [1.54, 1.807) is 0 Å². The molecular weight excluding hydrogens is 452 g/mol. The summed E-state index contributed by atoms with van der Waals surface area (Å²) in [6.07, 6.45) is 0.658. The minimum absolute atomic E-state index is 0.109. The third-order valence-corrected chi connectivity index (χ3v) is 7.69. The summed E-state index contributed by atoms with van der Waals surface area (Å²) >= 11 is 0. The molecule has 3 aromatic rings. The van der Waals surface area contributed by atoms with Crippen LogP contribution in [0.5, 0.6) is 0 Å². The number of esters is 1. The van der Waals surface area contributed by atoms with Crippen molar-refractivity contribution in [1.82, 2.24) is 9.62 Å². The molecule has 1 aliphatic heterocycles. The molecule has 4 rings (SSSR count). The van der Waals surface area contributed by atoms with Crippen molar-refractivity contribution in [2.75, 3.05) is 13.2 Å². The SMILES string of the molecule is CC(NC(=O)COC(=O)c1ccc(S(=O)(=O)N2CCc3ccccc3C2)cc1)c1ccccc1. The number of rotatable bonds is 7. The summed E-state index contributed by atoms with van der Waals surface area (Å²) < 4.78 is 32.7. The van der Waals surface area contributed by atoms with Gasteiger partial charge in [0.1, 0.15) is 0 Å². The van der Waals surface area contributed by atoms with Crippen molar-refractivity contribution in [2.24, 2.45) is 0 Å². The molecule has 1 atom stereocenters. The number of hydrogen-bond acceptors (Lipinski definition) is 5. The minimum atomic E-state index is -3.70. The van der Waals surface area contributed by atoms with E-state index in [4.69, 9.17) is 4.74 Å². The fraction of sp³-hybridized carbons (Fsp3) is 0.231. The number of sulfonamides is 1. The van der Waals surface area contributed by atoms with Gasteiger partial charge in [-0.25, -0.2) is 13.2 Å². The highest BCUT2D eigenvalue weighted by Crippen LogP contribution is 2.25. The van der Waals surface area contributed by atoms with Crippen LogP contribution < -0.4 is 5.32 Å². The Kier molecular flexibility index (Phi) is 7.09. The van der Waals surface area contributed by atoms with Crippen molar-refractivity contribution in [3.8, 4) is 0 Å². The highest BCUT2D eigenvalue weighted by atomic mass is 32.2. The van der Waals surface area contributed by atoms with Gasteiger partial charge in [0.25, 0.3) is 5.91 Å². The number of carbonyl (C=O) groups excluding carboxylic acids is 2. The van der Waals surface area contributed by atoms with Crippen molar-refractivity contribution in [2.45, 2.75) is 30.8 Å². The van der Waals surface area contributed by atoms with Gasteiger partial charge in [0.15, 0.2) is 6.61 Å². The Morgan fingerprint density at radius 3 is 2.29 bits per heavy atom. The topological polar surface area (TPSA) is 92.8 Å². The Morgan fingerprint density at radius 1 is 0.941 bits per heavy atom. The van der Waals surface area contributed by atoms with Gasteiger partial charge in [0.2, 0.25) is 10.0 Å². The highest BCUT2D eigenvalue weighted by Gasteiger charge is 2.28. The lowest BCUT2D eigenvalue weighted by Crippen LogP contribution is -2.35. The van der Waals surface area contributed by atoms with Crippen LogP contribution in [-0.4, -0.2) is 37.8 Å². The molecule has 1 unspecified atom stereocenters. The number of ether oxygens (including phenoxy) is 1. The van der Waals surface area contributed by atoms with E-state index in [2.05, 4.69) is 5.32 Å². The fourth-order valence-electron chi connectivity index (χ4n) is 3.91. The summed E-state index contributed by atoms with van der Waals surface area (Å²) in [6, 6.07) is 22.6. The first kappa shape index (κ1) is 23.7. The lowest BCUT2D eigenvalue weighted by Gasteiger charge is -2.28. The van der Waals surface area contributed by atoms with E-state index in [9.17, 15) is 18.0 Å². The van der Waals surface area contributed by atoms with Crippen molar-refractivity contribution in [3.63, 3.8) is 0 Å². The van der Waals surface area contributed by atoms with E-state index in [1.165, 1.54) is 28.6 Å². The van der Waals surface area contributed by atoms with E-state index in [-0.39, 0.29) is 16.5 Å². The van der Waals surface area contributed by atoms with Crippen LogP contribution in [0.15, 0.2) is 83.8 Å². The van der Waals surface area contributed by atoms with Gasteiger partial charge in [-0.05, 0) is 54.3 Å². The molecule has 8 heteroatoms. The monoisotopic (exact) mass is 478 g/mol. The second-order valence-electron chi connectivity index (χ2n) is 8.16. The van der Waals surface area contributed by atoms with Crippen LogP contribution in [-0.2, 0) is 32.5 Å². The maximum atomic E-state index is 13.1. The van der Waals surface area contributed by atoms with E-state index >= 15 is 0 Å². The normalized spacial score (nSPS) is 14.6. The number of carbonyl (C=O) groups is 2. The van der Waals surface area contributed by atoms with Gasteiger partial charge in [-0.2, -0.15) is 4.31 Å². The second-order valence-corrected chi connectivity index (χ2v) is 10.1. The zero-order valence-corrected chi connectivity index (χ0v) is 19.6. The largest absolute Gasteiger partial charge is 0.452 e. The lowest BCUT2D eigenvalue weighted by atomic mass is 10.0. The van der Waals surface area contributed by atoms with Crippen LogP contribution in [0.4, 0.5) is 0 Å². The average Bonchev–Trinajstić information content (AvgIpc) is 2.87. The lowest BCUT2D eigenvalue weighted by molar-refractivity contribution is -0.124. The van der Waals surface area contributed by atoms with Gasteiger partial charge in [-0.3, -0.25) is 4.79 Å². The van der Waals surface area contributed by atoms with E-state index in [0.717, 1.165) is 16.7 Å². The van der Waals surface area contributed by atoms with Crippen LogP contribution in [0, 0.1) is 0 Å². The van der Waals surface area contributed by atoms with Crippen LogP contribution in [0.1, 0.15) is 40.0 Å². The van der Waals surface area contributed by atoms with Crippen LogP contribution in [0.3, 0.4) is 0 Å². The molecule has 0 spiro atoms. The Bertz CT molecular complexity index is 1270. The van der Waals surface area contributed by atoms with Crippen LogP contribution in [0.25, 0.3) is 0 Å². The number of fused-ring (bicyclic) bond motifs is 1. The van der Waals surface area contributed by atoms with Gasteiger partial charge in [-0.15, -0.1) is 0 Å². The van der Waals surface area contributed by atoms with Gasteiger partial charge < -0.3 is 10.1 Å². The molecule has 7 nitrogen and oxygen atoms in total. The molecule has 34 heavy (non-hydrogen) atoms.